The molecule has 0 aromatic rings. The van der Waals surface area contributed by atoms with Crippen LogP contribution in [-0.4, -0.2) is 73.5 Å². The van der Waals surface area contributed by atoms with Gasteiger partial charge in [-0.05, 0) is 0 Å². The number of nitrogens with one attached hydrogen (secondary N) is 1. The van der Waals surface area contributed by atoms with Crippen LogP contribution in [-0.2, 0) is 42.9 Å². The molecular weight excluding hydrogens is 354 g/mol. The largest absolute Gasteiger partial charge is 0.356 e. The highest BCUT2D eigenvalue weighted by Gasteiger charge is 2.42. The van der Waals surface area contributed by atoms with Crippen molar-refractivity contribution >= 4 is 26.1 Å². The average Bonchev–Trinajstić information content (AvgIpc) is 2.35. The Morgan fingerprint density at radius 1 is 1.22 bits per heavy atom. The maximum Gasteiger partial charge on any atom is 0.264 e. The van der Waals surface area contributed by atoms with E-state index >= 15 is 0 Å². The second-order valence-electron chi connectivity index (χ2n) is 5.14. The Morgan fingerprint density at radius 3 is 2.26 bits per heavy atom. The van der Waals surface area contributed by atoms with Crippen LogP contribution in [0.4, 0.5) is 0 Å². The zero-order chi connectivity index (χ0) is 17.8. The van der Waals surface area contributed by atoms with Crippen molar-refractivity contribution in [2.24, 2.45) is 0 Å². The van der Waals surface area contributed by atoms with Gasteiger partial charge >= 0.3 is 0 Å². The van der Waals surface area contributed by atoms with Gasteiger partial charge in [0.05, 0.1) is 25.2 Å². The maximum atomic E-state index is 11.4. The van der Waals surface area contributed by atoms with Crippen molar-refractivity contribution in [1.82, 2.24) is 5.32 Å². The second kappa shape index (κ2) is 7.85. The van der Waals surface area contributed by atoms with Gasteiger partial charge < -0.3 is 14.8 Å². The molecule has 1 N–H and O–H groups in total. The summed E-state index contributed by atoms with van der Waals surface area (Å²) in [4.78, 5) is 11.3. The van der Waals surface area contributed by atoms with Crippen LogP contribution in [0, 0.1) is 0 Å². The Balaban J connectivity index is 3.03. The fraction of sp³-hybridized carbons (Fsp3) is 0.909. The van der Waals surface area contributed by atoms with Gasteiger partial charge in [0.15, 0.2) is 6.29 Å². The van der Waals surface area contributed by atoms with E-state index in [1.807, 2.05) is 0 Å². The summed E-state index contributed by atoms with van der Waals surface area (Å²) in [6, 6.07) is -0.755. The van der Waals surface area contributed by atoms with Crippen LogP contribution in [0.5, 0.6) is 0 Å². The summed E-state index contributed by atoms with van der Waals surface area (Å²) in [5, 5.41) is 2.55. The monoisotopic (exact) mass is 375 g/mol. The molecule has 1 heterocycles. The lowest BCUT2D eigenvalue weighted by Crippen LogP contribution is -2.58. The van der Waals surface area contributed by atoms with Crippen LogP contribution >= 0.6 is 0 Å². The van der Waals surface area contributed by atoms with Gasteiger partial charge in [0, 0.05) is 20.5 Å². The zero-order valence-electron chi connectivity index (χ0n) is 13.2. The molecule has 0 saturated carbocycles. The number of hydrogen-bond acceptors (Lipinski definition) is 9. The molecular formula is C11H21NO9S2. The molecule has 12 heteroatoms. The Kier molecular flexibility index (Phi) is 6.92. The van der Waals surface area contributed by atoms with E-state index in [-0.39, 0.29) is 6.42 Å². The molecule has 1 rings (SSSR count). The van der Waals surface area contributed by atoms with Gasteiger partial charge in [-0.25, -0.2) is 0 Å². The molecule has 1 aliphatic rings. The maximum absolute atomic E-state index is 11.4. The average molecular weight is 375 g/mol. The lowest BCUT2D eigenvalue weighted by Gasteiger charge is -2.40. The molecule has 23 heavy (non-hydrogen) atoms. The molecule has 10 nitrogen and oxygen atoms in total. The van der Waals surface area contributed by atoms with Crippen LogP contribution in [0.2, 0.25) is 0 Å². The predicted octanol–water partition coefficient (Wildman–Crippen LogP) is -1.43. The van der Waals surface area contributed by atoms with Crippen LogP contribution in [0.3, 0.4) is 0 Å². The number of carbonyl (C=O) groups is 1. The predicted molar refractivity (Wildman–Crippen MR) is 78.4 cm³/mol. The molecule has 0 unspecified atom stereocenters. The molecule has 0 spiro atoms. The lowest BCUT2D eigenvalue weighted by atomic mass is 9.99. The van der Waals surface area contributed by atoms with E-state index in [2.05, 4.69) is 9.50 Å². The van der Waals surface area contributed by atoms with Crippen LogP contribution < -0.4 is 5.32 Å². The summed E-state index contributed by atoms with van der Waals surface area (Å²) < 4.78 is 65.3. The van der Waals surface area contributed by atoms with Gasteiger partial charge in [0.25, 0.3) is 20.2 Å². The van der Waals surface area contributed by atoms with Gasteiger partial charge in [0.1, 0.15) is 12.2 Å². The number of methoxy groups -OCH3 is 1. The van der Waals surface area contributed by atoms with Crippen LogP contribution in [0.25, 0.3) is 0 Å². The molecule has 1 aliphatic heterocycles. The number of ether oxygens (including phenoxy) is 2. The fourth-order valence-corrected chi connectivity index (χ4v) is 3.18. The third-order valence-corrected chi connectivity index (χ3v) is 4.06. The molecule has 0 aromatic carbocycles. The third-order valence-electron chi connectivity index (χ3n) is 2.92. The van der Waals surface area contributed by atoms with E-state index in [0.29, 0.717) is 0 Å². The van der Waals surface area contributed by atoms with Crippen molar-refractivity contribution in [3.63, 3.8) is 0 Å². The quantitative estimate of drug-likeness (QED) is 0.532. The van der Waals surface area contributed by atoms with Crippen molar-refractivity contribution in [2.45, 2.75) is 37.9 Å². The van der Waals surface area contributed by atoms with E-state index in [0.717, 1.165) is 12.5 Å². The van der Waals surface area contributed by atoms with Gasteiger partial charge in [-0.15, -0.1) is 0 Å². The first kappa shape index (κ1) is 20.3. The minimum absolute atomic E-state index is 0.131. The normalized spacial score (nSPS) is 29.2. The number of hydrogen-bond donors (Lipinski definition) is 1. The highest BCUT2D eigenvalue weighted by atomic mass is 32.2. The zero-order valence-corrected chi connectivity index (χ0v) is 14.8. The second-order valence-corrected chi connectivity index (χ2v) is 8.38. The van der Waals surface area contributed by atoms with Gasteiger partial charge in [-0.1, -0.05) is 0 Å². The molecule has 0 aliphatic carbocycles. The van der Waals surface area contributed by atoms with Crippen LogP contribution in [0.15, 0.2) is 0 Å². The molecule has 136 valence electrons. The number of carbonyl (C=O) groups excluding carboxylic acids is 1. The molecule has 0 radical (unpaired) electrons. The van der Waals surface area contributed by atoms with Gasteiger partial charge in [0.2, 0.25) is 5.91 Å². The summed E-state index contributed by atoms with van der Waals surface area (Å²) in [5.41, 5.74) is 0. The van der Waals surface area contributed by atoms with Crippen molar-refractivity contribution in [3.05, 3.63) is 0 Å². The Bertz CT molecular complexity index is 615. The Hall–Kier alpha value is -0.790. The van der Waals surface area contributed by atoms with Crippen molar-refractivity contribution in [2.75, 3.05) is 26.2 Å². The summed E-state index contributed by atoms with van der Waals surface area (Å²) in [6.45, 7) is 0.783. The standard InChI is InChI=1S/C11H21NO9S2/c1-7(13)12-8-5-10(18-2)20-9(6-19-22(3,14)15)11(8)21-23(4,16)17/h8-11H,5-6H2,1-4H3,(H,12,13)/t8-,9+,10-,11+/m0/s1. The SMILES string of the molecule is CO[C@@H]1C[C@H](NC(C)=O)[C@@H](OS(C)(=O)=O)[C@@H](COS(C)(=O)=O)O1. The van der Waals surface area contributed by atoms with E-state index in [1.54, 1.807) is 0 Å². The Labute approximate surface area is 135 Å². The first-order valence-corrected chi connectivity index (χ1v) is 10.2. The van der Waals surface area contributed by atoms with Crippen molar-refractivity contribution in [3.8, 4) is 0 Å². The van der Waals surface area contributed by atoms with E-state index in [1.165, 1.54) is 14.0 Å². The van der Waals surface area contributed by atoms with Crippen molar-refractivity contribution in [1.29, 1.82) is 0 Å². The van der Waals surface area contributed by atoms with Gasteiger partial charge in [-0.2, -0.15) is 16.8 Å². The molecule has 1 saturated heterocycles. The summed E-state index contributed by atoms with van der Waals surface area (Å²) in [6.07, 6.45) is -1.18. The molecule has 0 aromatic heterocycles. The summed E-state index contributed by atoms with van der Waals surface area (Å²) in [5.74, 6) is -0.406. The van der Waals surface area contributed by atoms with Gasteiger partial charge in [-0.3, -0.25) is 13.2 Å². The highest BCUT2D eigenvalue weighted by molar-refractivity contribution is 7.86. The lowest BCUT2D eigenvalue weighted by molar-refractivity contribution is -0.220. The minimum Gasteiger partial charge on any atom is -0.356 e. The number of amides is 1. The van der Waals surface area contributed by atoms with Crippen LogP contribution in [0.1, 0.15) is 13.3 Å². The number of rotatable bonds is 7. The summed E-state index contributed by atoms with van der Waals surface area (Å²) >= 11 is 0. The summed E-state index contributed by atoms with van der Waals surface area (Å²) in [7, 11) is -6.29. The smallest absolute Gasteiger partial charge is 0.264 e. The highest BCUT2D eigenvalue weighted by Crippen LogP contribution is 2.25. The first-order valence-electron chi connectivity index (χ1n) is 6.59. The Morgan fingerprint density at radius 2 is 1.83 bits per heavy atom. The fourth-order valence-electron chi connectivity index (χ4n) is 2.14. The topological polar surface area (TPSA) is 134 Å². The minimum atomic E-state index is -3.88. The third kappa shape index (κ3) is 7.54. The molecule has 1 fully saturated rings. The van der Waals surface area contributed by atoms with E-state index < -0.39 is 57.3 Å². The molecule has 1 amide bonds. The first-order chi connectivity index (χ1) is 10.4. The van der Waals surface area contributed by atoms with E-state index in [4.69, 9.17) is 13.7 Å². The molecule has 4 atom stereocenters. The van der Waals surface area contributed by atoms with E-state index in [9.17, 15) is 21.6 Å². The van der Waals surface area contributed by atoms with Crippen molar-refractivity contribution < 1.29 is 39.5 Å². The molecule has 0 bridgehead atoms.